The topological polar surface area (TPSA) is 38.1 Å². The summed E-state index contributed by atoms with van der Waals surface area (Å²) in [5, 5.41) is 7.64. The van der Waals surface area contributed by atoms with E-state index in [0.29, 0.717) is 5.92 Å². The van der Waals surface area contributed by atoms with Gasteiger partial charge in [0.25, 0.3) is 0 Å². The minimum absolute atomic E-state index is 0.519. The lowest BCUT2D eigenvalue weighted by atomic mass is 9.90. The first kappa shape index (κ1) is 17.6. The van der Waals surface area contributed by atoms with E-state index in [9.17, 15) is 0 Å². The van der Waals surface area contributed by atoms with Gasteiger partial charge in [-0.25, -0.2) is 0 Å². The second-order valence-electron chi connectivity index (χ2n) is 6.53. The molecule has 23 heavy (non-hydrogen) atoms. The van der Waals surface area contributed by atoms with Gasteiger partial charge in [-0.1, -0.05) is 75.5 Å². The predicted molar refractivity (Wildman–Crippen MR) is 96.6 cm³/mol. The predicted octanol–water partition coefficient (Wildman–Crippen LogP) is 6.00. The highest BCUT2D eigenvalue weighted by Crippen LogP contribution is 2.29. The summed E-state index contributed by atoms with van der Waals surface area (Å²) in [6.45, 7) is 7.60. The van der Waals surface area contributed by atoms with Crippen LogP contribution in [0.3, 0.4) is 0 Å². The standard InChI is InChI=1S/C20H30N2O/c1-4-9-18(13-12-16(3)5-2)19-14-20(23-22-19)21-15-17-10-7-6-8-11-17/h6-8,10-11,14,16,18,21H,4-5,9,12-13,15H2,1-3H3. The first-order chi connectivity index (χ1) is 11.2. The maximum Gasteiger partial charge on any atom is 0.225 e. The van der Waals surface area contributed by atoms with Crippen LogP contribution in [0.4, 0.5) is 5.88 Å². The molecule has 1 N–H and O–H groups in total. The Morgan fingerprint density at radius 3 is 2.57 bits per heavy atom. The molecule has 0 aliphatic heterocycles. The molecular formula is C20H30N2O. The minimum atomic E-state index is 0.519. The van der Waals surface area contributed by atoms with Crippen molar-refractivity contribution in [2.75, 3.05) is 5.32 Å². The van der Waals surface area contributed by atoms with Gasteiger partial charge in [0.2, 0.25) is 5.88 Å². The quantitative estimate of drug-likeness (QED) is 0.584. The molecule has 0 fully saturated rings. The van der Waals surface area contributed by atoms with E-state index in [2.05, 4.69) is 61.6 Å². The molecule has 3 nitrogen and oxygen atoms in total. The summed E-state index contributed by atoms with van der Waals surface area (Å²) in [5.41, 5.74) is 2.35. The summed E-state index contributed by atoms with van der Waals surface area (Å²) in [6, 6.07) is 12.4. The molecule has 0 radical (unpaired) electrons. The van der Waals surface area contributed by atoms with E-state index in [1.165, 1.54) is 37.7 Å². The molecule has 0 amide bonds. The molecule has 0 aliphatic carbocycles. The number of anilines is 1. The second-order valence-corrected chi connectivity index (χ2v) is 6.53. The summed E-state index contributed by atoms with van der Waals surface area (Å²) in [7, 11) is 0. The van der Waals surface area contributed by atoms with Gasteiger partial charge in [0.1, 0.15) is 0 Å². The Morgan fingerprint density at radius 2 is 1.87 bits per heavy atom. The number of hydrogen-bond acceptors (Lipinski definition) is 3. The van der Waals surface area contributed by atoms with Crippen LogP contribution in [-0.4, -0.2) is 5.16 Å². The Kier molecular flexibility index (Phi) is 7.18. The summed E-state index contributed by atoms with van der Waals surface area (Å²) >= 11 is 0. The second kappa shape index (κ2) is 9.39. The molecule has 2 unspecified atom stereocenters. The molecule has 2 aromatic rings. The Bertz CT molecular complexity index is 550. The van der Waals surface area contributed by atoms with Crippen LogP contribution in [0.2, 0.25) is 0 Å². The fraction of sp³-hybridized carbons (Fsp3) is 0.550. The molecule has 0 spiro atoms. The van der Waals surface area contributed by atoms with Crippen molar-refractivity contribution in [1.82, 2.24) is 5.16 Å². The zero-order valence-electron chi connectivity index (χ0n) is 14.7. The first-order valence-corrected chi connectivity index (χ1v) is 8.97. The fourth-order valence-corrected chi connectivity index (χ4v) is 2.83. The zero-order valence-corrected chi connectivity index (χ0v) is 14.7. The van der Waals surface area contributed by atoms with Gasteiger partial charge in [-0.05, 0) is 24.3 Å². The molecule has 3 heteroatoms. The highest BCUT2D eigenvalue weighted by Gasteiger charge is 2.16. The molecule has 1 aromatic carbocycles. The Hall–Kier alpha value is -1.77. The smallest absolute Gasteiger partial charge is 0.225 e. The Balaban J connectivity index is 1.91. The van der Waals surface area contributed by atoms with Crippen molar-refractivity contribution in [3.63, 3.8) is 0 Å². The van der Waals surface area contributed by atoms with Crippen molar-refractivity contribution in [2.45, 2.75) is 65.3 Å². The molecule has 126 valence electrons. The zero-order chi connectivity index (χ0) is 16.5. The number of benzene rings is 1. The molecule has 2 atom stereocenters. The number of aromatic nitrogens is 1. The monoisotopic (exact) mass is 314 g/mol. The maximum absolute atomic E-state index is 5.49. The lowest BCUT2D eigenvalue weighted by molar-refractivity contribution is 0.394. The van der Waals surface area contributed by atoms with E-state index in [0.717, 1.165) is 24.0 Å². The highest BCUT2D eigenvalue weighted by atomic mass is 16.5. The lowest BCUT2D eigenvalue weighted by Crippen LogP contribution is -2.02. The van der Waals surface area contributed by atoms with Gasteiger partial charge in [-0.2, -0.15) is 0 Å². The molecule has 0 saturated heterocycles. The van der Waals surface area contributed by atoms with Crippen LogP contribution in [0.15, 0.2) is 40.9 Å². The van der Waals surface area contributed by atoms with Crippen LogP contribution >= 0.6 is 0 Å². The van der Waals surface area contributed by atoms with Crippen molar-refractivity contribution in [1.29, 1.82) is 0 Å². The lowest BCUT2D eigenvalue weighted by Gasteiger charge is -2.15. The average molecular weight is 314 g/mol. The normalized spacial score (nSPS) is 13.7. The van der Waals surface area contributed by atoms with Gasteiger partial charge in [0.05, 0.1) is 5.69 Å². The molecule has 0 saturated carbocycles. The molecule has 0 bridgehead atoms. The number of rotatable bonds is 10. The fourth-order valence-electron chi connectivity index (χ4n) is 2.83. The van der Waals surface area contributed by atoms with E-state index >= 15 is 0 Å². The number of nitrogens with zero attached hydrogens (tertiary/aromatic N) is 1. The number of hydrogen-bond donors (Lipinski definition) is 1. The van der Waals surface area contributed by atoms with Gasteiger partial charge in [0.15, 0.2) is 0 Å². The Labute approximate surface area is 140 Å². The minimum Gasteiger partial charge on any atom is -0.350 e. The van der Waals surface area contributed by atoms with Crippen LogP contribution in [0.25, 0.3) is 0 Å². The van der Waals surface area contributed by atoms with Crippen LogP contribution < -0.4 is 5.32 Å². The summed E-state index contributed by atoms with van der Waals surface area (Å²) in [4.78, 5) is 0. The van der Waals surface area contributed by atoms with E-state index in [4.69, 9.17) is 4.52 Å². The van der Waals surface area contributed by atoms with E-state index in [1.54, 1.807) is 0 Å². The van der Waals surface area contributed by atoms with E-state index < -0.39 is 0 Å². The number of nitrogens with one attached hydrogen (secondary N) is 1. The van der Waals surface area contributed by atoms with Crippen LogP contribution in [-0.2, 0) is 6.54 Å². The third-order valence-electron chi connectivity index (χ3n) is 4.60. The molecule has 1 heterocycles. The average Bonchev–Trinajstić information content (AvgIpc) is 3.06. The van der Waals surface area contributed by atoms with Crippen molar-refractivity contribution in [2.24, 2.45) is 5.92 Å². The van der Waals surface area contributed by atoms with E-state index in [-0.39, 0.29) is 0 Å². The third kappa shape index (κ3) is 5.74. The van der Waals surface area contributed by atoms with Gasteiger partial charge < -0.3 is 9.84 Å². The van der Waals surface area contributed by atoms with E-state index in [1.807, 2.05) is 6.07 Å². The molecule has 2 rings (SSSR count). The third-order valence-corrected chi connectivity index (χ3v) is 4.60. The van der Waals surface area contributed by atoms with Crippen molar-refractivity contribution in [3.05, 3.63) is 47.7 Å². The highest BCUT2D eigenvalue weighted by molar-refractivity contribution is 5.34. The van der Waals surface area contributed by atoms with Gasteiger partial charge in [-0.3, -0.25) is 0 Å². The van der Waals surface area contributed by atoms with Crippen molar-refractivity contribution in [3.8, 4) is 0 Å². The molecule has 1 aromatic heterocycles. The maximum atomic E-state index is 5.49. The SMILES string of the molecule is CCCC(CCC(C)CC)c1cc(NCc2ccccc2)on1. The van der Waals surface area contributed by atoms with Crippen LogP contribution in [0, 0.1) is 5.92 Å². The van der Waals surface area contributed by atoms with Gasteiger partial charge >= 0.3 is 0 Å². The molecule has 0 aliphatic rings. The summed E-state index contributed by atoms with van der Waals surface area (Å²) in [6.07, 6.45) is 6.09. The summed E-state index contributed by atoms with van der Waals surface area (Å²) < 4.78 is 5.49. The first-order valence-electron chi connectivity index (χ1n) is 8.97. The molecular weight excluding hydrogens is 284 g/mol. The van der Waals surface area contributed by atoms with Crippen LogP contribution in [0.5, 0.6) is 0 Å². The summed E-state index contributed by atoms with van der Waals surface area (Å²) in [5.74, 6) is 2.08. The van der Waals surface area contributed by atoms with Gasteiger partial charge in [0, 0.05) is 18.5 Å². The van der Waals surface area contributed by atoms with Crippen LogP contribution in [0.1, 0.15) is 70.1 Å². The largest absolute Gasteiger partial charge is 0.350 e. The van der Waals surface area contributed by atoms with Gasteiger partial charge in [-0.15, -0.1) is 0 Å². The van der Waals surface area contributed by atoms with Crippen molar-refractivity contribution >= 4 is 5.88 Å². The van der Waals surface area contributed by atoms with Crippen molar-refractivity contribution < 1.29 is 4.52 Å². The Morgan fingerprint density at radius 1 is 1.09 bits per heavy atom.